The minimum Gasteiger partial charge on any atom is -0.353 e. The average molecular weight is 457 g/mol. The Kier molecular flexibility index (Phi) is 5.60. The third kappa shape index (κ3) is 4.02. The molecule has 0 radical (unpaired) electrons. The summed E-state index contributed by atoms with van der Waals surface area (Å²) in [6, 6.07) is 8.44. The van der Waals surface area contributed by atoms with E-state index in [0.717, 1.165) is 11.8 Å². The number of hydrogen-bond donors (Lipinski definition) is 1. The van der Waals surface area contributed by atoms with Crippen molar-refractivity contribution in [2.45, 2.75) is 32.4 Å². The number of H-pyrrole nitrogens is 1. The van der Waals surface area contributed by atoms with E-state index in [4.69, 9.17) is 16.1 Å². The molecule has 1 aromatic carbocycles. The van der Waals surface area contributed by atoms with Gasteiger partial charge in [0, 0.05) is 17.0 Å². The van der Waals surface area contributed by atoms with Gasteiger partial charge in [-0.1, -0.05) is 55.7 Å². The van der Waals surface area contributed by atoms with E-state index in [-0.39, 0.29) is 34.2 Å². The third-order valence-corrected chi connectivity index (χ3v) is 4.72. The summed E-state index contributed by atoms with van der Waals surface area (Å²) in [6.07, 6.45) is -4.51. The number of aromatic nitrogens is 4. The summed E-state index contributed by atoms with van der Waals surface area (Å²) < 4.78 is 45.5. The van der Waals surface area contributed by atoms with Gasteiger partial charge in [-0.25, -0.2) is 9.97 Å². The standard InChI is InChI=1S/C20H16ClF3N4O.ClH/c1-19(2,3)15-9-14(29-28-15)18-26-13-8-12(25-17(21)16(13)27-18)10-6-4-5-7-11(10)20(22,23)24;/h4-9H,1-3H3,(H,26,27);1H. The van der Waals surface area contributed by atoms with Gasteiger partial charge >= 0.3 is 6.18 Å². The van der Waals surface area contributed by atoms with Gasteiger partial charge in [-0.3, -0.25) is 0 Å². The fourth-order valence-corrected chi connectivity index (χ4v) is 3.16. The van der Waals surface area contributed by atoms with Crippen molar-refractivity contribution in [2.75, 3.05) is 0 Å². The van der Waals surface area contributed by atoms with E-state index in [1.807, 2.05) is 20.8 Å². The van der Waals surface area contributed by atoms with Crippen LogP contribution in [0.5, 0.6) is 0 Å². The molecule has 0 amide bonds. The molecule has 0 bridgehead atoms. The summed E-state index contributed by atoms with van der Waals surface area (Å²) in [4.78, 5) is 11.6. The summed E-state index contributed by atoms with van der Waals surface area (Å²) in [5.74, 6) is 0.771. The van der Waals surface area contributed by atoms with Crippen molar-refractivity contribution < 1.29 is 17.7 Å². The van der Waals surface area contributed by atoms with Crippen LogP contribution in [0.1, 0.15) is 32.0 Å². The average Bonchev–Trinajstić information content (AvgIpc) is 3.27. The fourth-order valence-electron chi connectivity index (χ4n) is 2.92. The highest BCUT2D eigenvalue weighted by Crippen LogP contribution is 2.38. The van der Waals surface area contributed by atoms with Crippen LogP contribution in [0.3, 0.4) is 0 Å². The van der Waals surface area contributed by atoms with Gasteiger partial charge in [0.05, 0.1) is 22.5 Å². The predicted molar refractivity (Wildman–Crippen MR) is 111 cm³/mol. The van der Waals surface area contributed by atoms with Crippen LogP contribution in [-0.2, 0) is 11.6 Å². The summed E-state index contributed by atoms with van der Waals surface area (Å²) >= 11 is 6.25. The van der Waals surface area contributed by atoms with Crippen LogP contribution >= 0.6 is 24.0 Å². The molecule has 158 valence electrons. The Labute approximate surface area is 181 Å². The molecular formula is C20H17Cl2F3N4O. The Morgan fingerprint density at radius 3 is 2.37 bits per heavy atom. The lowest BCUT2D eigenvalue weighted by Gasteiger charge is -2.12. The molecule has 10 heteroatoms. The van der Waals surface area contributed by atoms with Crippen molar-refractivity contribution >= 4 is 35.0 Å². The van der Waals surface area contributed by atoms with E-state index in [0.29, 0.717) is 22.6 Å². The Bertz CT molecular complexity index is 1210. The topological polar surface area (TPSA) is 67.6 Å². The quantitative estimate of drug-likeness (QED) is 0.342. The Morgan fingerprint density at radius 1 is 1.03 bits per heavy atom. The molecule has 0 aliphatic carbocycles. The highest BCUT2D eigenvalue weighted by molar-refractivity contribution is 6.34. The van der Waals surface area contributed by atoms with Crippen molar-refractivity contribution in [2.24, 2.45) is 0 Å². The van der Waals surface area contributed by atoms with E-state index in [1.54, 1.807) is 6.07 Å². The van der Waals surface area contributed by atoms with Crippen molar-refractivity contribution in [1.82, 2.24) is 20.1 Å². The third-order valence-electron chi connectivity index (χ3n) is 4.45. The number of nitrogens with one attached hydrogen (secondary N) is 1. The highest BCUT2D eigenvalue weighted by atomic mass is 35.5. The number of aromatic amines is 1. The summed E-state index contributed by atoms with van der Waals surface area (Å²) in [5, 5.41) is 4.07. The number of benzene rings is 1. The lowest BCUT2D eigenvalue weighted by Crippen LogP contribution is -2.10. The van der Waals surface area contributed by atoms with Gasteiger partial charge in [-0.2, -0.15) is 13.2 Å². The molecule has 1 N–H and O–H groups in total. The number of nitrogens with zero attached hydrogens (tertiary/aromatic N) is 3. The van der Waals surface area contributed by atoms with Crippen molar-refractivity contribution in [3.63, 3.8) is 0 Å². The second-order valence-electron chi connectivity index (χ2n) is 7.65. The Morgan fingerprint density at radius 2 is 1.73 bits per heavy atom. The maximum absolute atomic E-state index is 13.4. The SMILES string of the molecule is CC(C)(C)c1cc(-c2nc3cc(-c4ccccc4C(F)(F)F)nc(Cl)c3[nH]2)on1.Cl. The van der Waals surface area contributed by atoms with Crippen molar-refractivity contribution in [1.29, 1.82) is 0 Å². The van der Waals surface area contributed by atoms with Gasteiger partial charge in [0.15, 0.2) is 11.0 Å². The fraction of sp³-hybridized carbons (Fsp3) is 0.250. The van der Waals surface area contributed by atoms with Crippen LogP contribution in [0.15, 0.2) is 40.9 Å². The van der Waals surface area contributed by atoms with Gasteiger partial charge in [0.25, 0.3) is 0 Å². The molecular weight excluding hydrogens is 440 g/mol. The minimum atomic E-state index is -4.51. The van der Waals surface area contributed by atoms with Crippen LogP contribution in [0, 0.1) is 0 Å². The molecule has 0 unspecified atom stereocenters. The zero-order valence-corrected chi connectivity index (χ0v) is 17.7. The van der Waals surface area contributed by atoms with Crippen LogP contribution in [0.25, 0.3) is 33.9 Å². The van der Waals surface area contributed by atoms with E-state index in [1.165, 1.54) is 24.3 Å². The number of alkyl halides is 3. The van der Waals surface area contributed by atoms with E-state index >= 15 is 0 Å². The minimum absolute atomic E-state index is 0. The summed E-state index contributed by atoms with van der Waals surface area (Å²) in [7, 11) is 0. The van der Waals surface area contributed by atoms with Crippen LogP contribution in [0.2, 0.25) is 5.15 Å². The number of fused-ring (bicyclic) bond motifs is 1. The molecule has 0 saturated carbocycles. The summed E-state index contributed by atoms with van der Waals surface area (Å²) in [6.45, 7) is 6.00. The van der Waals surface area contributed by atoms with Crippen LogP contribution in [0.4, 0.5) is 13.2 Å². The second-order valence-corrected chi connectivity index (χ2v) is 8.01. The van der Waals surface area contributed by atoms with E-state index in [2.05, 4.69) is 20.1 Å². The first-order chi connectivity index (χ1) is 13.5. The van der Waals surface area contributed by atoms with Crippen LogP contribution in [-0.4, -0.2) is 20.1 Å². The van der Waals surface area contributed by atoms with Crippen molar-refractivity contribution in [3.8, 4) is 22.8 Å². The molecule has 5 nitrogen and oxygen atoms in total. The lowest BCUT2D eigenvalue weighted by atomic mass is 9.92. The zero-order chi connectivity index (χ0) is 21.0. The largest absolute Gasteiger partial charge is 0.417 e. The Hall–Kier alpha value is -2.58. The van der Waals surface area contributed by atoms with Gasteiger partial charge in [0.1, 0.15) is 5.52 Å². The first-order valence-corrected chi connectivity index (χ1v) is 9.12. The maximum atomic E-state index is 13.4. The predicted octanol–water partition coefficient (Wildman–Crippen LogP) is 6.67. The summed E-state index contributed by atoms with van der Waals surface area (Å²) in [5.41, 5.74) is 0.552. The van der Waals surface area contributed by atoms with E-state index < -0.39 is 11.7 Å². The molecule has 0 saturated heterocycles. The normalized spacial score (nSPS) is 12.2. The number of halogens is 5. The van der Waals surface area contributed by atoms with Crippen LogP contribution < -0.4 is 0 Å². The molecule has 3 heterocycles. The molecule has 0 atom stereocenters. The van der Waals surface area contributed by atoms with Gasteiger partial charge in [-0.05, 0) is 12.1 Å². The molecule has 30 heavy (non-hydrogen) atoms. The number of rotatable bonds is 2. The molecule has 3 aromatic heterocycles. The zero-order valence-electron chi connectivity index (χ0n) is 16.1. The van der Waals surface area contributed by atoms with Gasteiger partial charge in [0.2, 0.25) is 5.76 Å². The lowest BCUT2D eigenvalue weighted by molar-refractivity contribution is -0.137. The second kappa shape index (κ2) is 7.59. The first kappa shape index (κ1) is 22.1. The molecule has 0 aliphatic heterocycles. The number of pyridine rings is 1. The number of imidazole rings is 1. The van der Waals surface area contributed by atoms with Crippen molar-refractivity contribution in [3.05, 3.63) is 52.8 Å². The maximum Gasteiger partial charge on any atom is 0.417 e. The Balaban J connectivity index is 0.00000256. The van der Waals surface area contributed by atoms with Gasteiger partial charge < -0.3 is 9.51 Å². The smallest absolute Gasteiger partial charge is 0.353 e. The van der Waals surface area contributed by atoms with E-state index in [9.17, 15) is 13.2 Å². The molecule has 4 rings (SSSR count). The number of hydrogen-bond acceptors (Lipinski definition) is 4. The molecule has 0 aliphatic rings. The molecule has 4 aromatic rings. The molecule has 0 fully saturated rings. The first-order valence-electron chi connectivity index (χ1n) is 8.74. The highest BCUT2D eigenvalue weighted by Gasteiger charge is 2.34. The molecule has 0 spiro atoms. The van der Waals surface area contributed by atoms with Gasteiger partial charge in [-0.15, -0.1) is 12.4 Å². The monoisotopic (exact) mass is 456 g/mol.